The van der Waals surface area contributed by atoms with E-state index in [4.69, 9.17) is 9.47 Å². The van der Waals surface area contributed by atoms with E-state index < -0.39 is 12.2 Å². The number of amides is 2. The minimum atomic E-state index is -0.566. The Morgan fingerprint density at radius 3 is 2.71 bits per heavy atom. The SMILES string of the molecule is O=C(C[C@@H]1C[C@H]2c3cc(NC(=O)C4CCC4)ccc3O[C@H]2[C@@H](CO)O1)NCc1ccccc1F. The van der Waals surface area contributed by atoms with Crippen LogP contribution in [0.5, 0.6) is 5.75 Å². The quantitative estimate of drug-likeness (QED) is 0.580. The fourth-order valence-electron chi connectivity index (χ4n) is 5.00. The summed E-state index contributed by atoms with van der Waals surface area (Å²) in [4.78, 5) is 24.9. The summed E-state index contributed by atoms with van der Waals surface area (Å²) in [5.41, 5.74) is 2.10. The van der Waals surface area contributed by atoms with Crippen molar-refractivity contribution in [3.05, 3.63) is 59.4 Å². The number of rotatable bonds is 7. The second kappa shape index (κ2) is 9.72. The van der Waals surface area contributed by atoms with Crippen molar-refractivity contribution in [3.63, 3.8) is 0 Å². The highest BCUT2D eigenvalue weighted by molar-refractivity contribution is 5.93. The van der Waals surface area contributed by atoms with Crippen LogP contribution in [0, 0.1) is 11.7 Å². The second-order valence-electron chi connectivity index (χ2n) is 9.35. The summed E-state index contributed by atoms with van der Waals surface area (Å²) < 4.78 is 25.9. The van der Waals surface area contributed by atoms with E-state index in [0.717, 1.165) is 30.5 Å². The number of hydrogen-bond acceptors (Lipinski definition) is 5. The molecule has 1 saturated carbocycles. The van der Waals surface area contributed by atoms with Crippen LogP contribution in [0.2, 0.25) is 0 Å². The lowest BCUT2D eigenvalue weighted by Gasteiger charge is -2.37. The Bertz CT molecular complexity index is 1070. The summed E-state index contributed by atoms with van der Waals surface area (Å²) in [7, 11) is 0. The molecule has 2 fully saturated rings. The van der Waals surface area contributed by atoms with Gasteiger partial charge >= 0.3 is 0 Å². The highest BCUT2D eigenvalue weighted by atomic mass is 19.1. The summed E-state index contributed by atoms with van der Waals surface area (Å²) in [6, 6.07) is 11.9. The van der Waals surface area contributed by atoms with Gasteiger partial charge in [-0.05, 0) is 43.5 Å². The van der Waals surface area contributed by atoms with Gasteiger partial charge in [0.2, 0.25) is 11.8 Å². The average Bonchev–Trinajstić information content (AvgIpc) is 3.15. The molecule has 2 aliphatic heterocycles. The van der Waals surface area contributed by atoms with E-state index in [1.54, 1.807) is 18.2 Å². The molecule has 0 bridgehead atoms. The lowest BCUT2D eigenvalue weighted by atomic mass is 9.83. The van der Waals surface area contributed by atoms with Gasteiger partial charge in [0, 0.05) is 35.2 Å². The number of aliphatic hydroxyl groups excluding tert-OH is 1. The third kappa shape index (κ3) is 4.65. The van der Waals surface area contributed by atoms with Gasteiger partial charge in [-0.25, -0.2) is 4.39 Å². The molecule has 4 atom stereocenters. The molecule has 3 aliphatic rings. The Morgan fingerprint density at radius 1 is 1.15 bits per heavy atom. The molecular formula is C26H29FN2O5. The molecule has 0 spiro atoms. The maximum absolute atomic E-state index is 13.8. The van der Waals surface area contributed by atoms with Crippen LogP contribution in [0.1, 0.15) is 49.1 Å². The van der Waals surface area contributed by atoms with Crippen molar-refractivity contribution >= 4 is 17.5 Å². The van der Waals surface area contributed by atoms with Crippen LogP contribution in [-0.2, 0) is 20.9 Å². The first-order valence-electron chi connectivity index (χ1n) is 11.9. The number of carbonyl (C=O) groups excluding carboxylic acids is 2. The van der Waals surface area contributed by atoms with Crippen LogP contribution in [0.25, 0.3) is 0 Å². The molecule has 2 amide bonds. The fraction of sp³-hybridized carbons (Fsp3) is 0.462. The lowest BCUT2D eigenvalue weighted by molar-refractivity contribution is -0.142. The van der Waals surface area contributed by atoms with Crippen molar-refractivity contribution in [2.24, 2.45) is 5.92 Å². The maximum Gasteiger partial charge on any atom is 0.227 e. The molecule has 1 aliphatic carbocycles. The first-order chi connectivity index (χ1) is 16.5. The van der Waals surface area contributed by atoms with Crippen LogP contribution in [-0.4, -0.2) is 41.8 Å². The molecule has 8 heteroatoms. The Labute approximate surface area is 197 Å². The molecule has 0 radical (unpaired) electrons. The van der Waals surface area contributed by atoms with Crippen LogP contribution in [0.4, 0.5) is 10.1 Å². The number of nitrogens with one attached hydrogen (secondary N) is 2. The zero-order chi connectivity index (χ0) is 23.7. The number of hydrogen-bond donors (Lipinski definition) is 3. The topological polar surface area (TPSA) is 96.9 Å². The van der Waals surface area contributed by atoms with Gasteiger partial charge in [-0.15, -0.1) is 0 Å². The highest BCUT2D eigenvalue weighted by Gasteiger charge is 2.46. The predicted octanol–water partition coefficient (Wildman–Crippen LogP) is 3.27. The Kier molecular flexibility index (Phi) is 6.52. The first kappa shape index (κ1) is 22.8. The molecule has 3 N–H and O–H groups in total. The van der Waals surface area contributed by atoms with Crippen LogP contribution >= 0.6 is 0 Å². The van der Waals surface area contributed by atoms with Gasteiger partial charge in [-0.3, -0.25) is 9.59 Å². The van der Waals surface area contributed by atoms with Gasteiger partial charge < -0.3 is 25.2 Å². The van der Waals surface area contributed by atoms with Crippen molar-refractivity contribution < 1.29 is 28.6 Å². The summed E-state index contributed by atoms with van der Waals surface area (Å²) in [6.45, 7) is -0.128. The minimum absolute atomic E-state index is 0.0475. The second-order valence-corrected chi connectivity index (χ2v) is 9.35. The van der Waals surface area contributed by atoms with Crippen molar-refractivity contribution in [2.45, 2.75) is 62.9 Å². The van der Waals surface area contributed by atoms with Gasteiger partial charge in [-0.1, -0.05) is 24.6 Å². The number of aliphatic hydroxyl groups is 1. The average molecular weight is 469 g/mol. The van der Waals surface area contributed by atoms with Gasteiger partial charge in [0.15, 0.2) is 0 Å². The molecule has 2 aromatic rings. The zero-order valence-corrected chi connectivity index (χ0v) is 18.8. The van der Waals surface area contributed by atoms with Crippen molar-refractivity contribution in [1.29, 1.82) is 0 Å². The Morgan fingerprint density at radius 2 is 1.97 bits per heavy atom. The number of fused-ring (bicyclic) bond motifs is 3. The van der Waals surface area contributed by atoms with E-state index in [-0.39, 0.29) is 55.1 Å². The molecule has 0 aromatic heterocycles. The summed E-state index contributed by atoms with van der Waals surface area (Å²) in [5.74, 6) is 0.177. The summed E-state index contributed by atoms with van der Waals surface area (Å²) in [5, 5.41) is 15.7. The van der Waals surface area contributed by atoms with E-state index in [0.29, 0.717) is 17.7 Å². The Hall–Kier alpha value is -2.97. The fourth-order valence-corrected chi connectivity index (χ4v) is 5.00. The minimum Gasteiger partial charge on any atom is -0.487 e. The third-order valence-electron chi connectivity index (χ3n) is 7.09. The van der Waals surface area contributed by atoms with Crippen LogP contribution in [0.3, 0.4) is 0 Å². The molecule has 2 aromatic carbocycles. The van der Waals surface area contributed by atoms with Crippen molar-refractivity contribution in [2.75, 3.05) is 11.9 Å². The number of halogens is 1. The van der Waals surface area contributed by atoms with E-state index >= 15 is 0 Å². The molecule has 0 unspecified atom stereocenters. The molecule has 5 rings (SSSR count). The maximum atomic E-state index is 13.8. The third-order valence-corrected chi connectivity index (χ3v) is 7.09. The van der Waals surface area contributed by atoms with E-state index in [2.05, 4.69) is 10.6 Å². The lowest BCUT2D eigenvalue weighted by Crippen LogP contribution is -2.47. The number of ether oxygens (including phenoxy) is 2. The molecule has 34 heavy (non-hydrogen) atoms. The Balaban J connectivity index is 1.24. The predicted molar refractivity (Wildman–Crippen MR) is 123 cm³/mol. The molecule has 180 valence electrons. The highest BCUT2D eigenvalue weighted by Crippen LogP contribution is 2.47. The van der Waals surface area contributed by atoms with Gasteiger partial charge in [0.05, 0.1) is 19.1 Å². The number of benzene rings is 2. The van der Waals surface area contributed by atoms with Gasteiger partial charge in [-0.2, -0.15) is 0 Å². The van der Waals surface area contributed by atoms with Gasteiger partial charge in [0.25, 0.3) is 0 Å². The first-order valence-corrected chi connectivity index (χ1v) is 11.9. The largest absolute Gasteiger partial charge is 0.487 e. The smallest absolute Gasteiger partial charge is 0.227 e. The standard InChI is InChI=1S/C26H29FN2O5/c27-21-7-2-1-4-16(21)13-28-24(31)12-18-11-20-19-10-17(29-26(32)15-5-3-6-15)8-9-22(19)34-25(20)23(14-30)33-18/h1-2,4,7-10,15,18,20,23,25,30H,3,5-6,11-14H2,(H,28,31)(H,29,32)/t18-,20-,23+,25+/m0/s1. The number of anilines is 1. The van der Waals surface area contributed by atoms with Crippen LogP contribution in [0.15, 0.2) is 42.5 Å². The van der Waals surface area contributed by atoms with Crippen LogP contribution < -0.4 is 15.4 Å². The molecule has 1 saturated heterocycles. The van der Waals surface area contributed by atoms with E-state index in [1.165, 1.54) is 6.07 Å². The van der Waals surface area contributed by atoms with Crippen molar-refractivity contribution in [1.82, 2.24) is 5.32 Å². The summed E-state index contributed by atoms with van der Waals surface area (Å²) in [6.07, 6.45) is 2.27. The normalized spacial score (nSPS) is 25.5. The van der Waals surface area contributed by atoms with Gasteiger partial charge in [0.1, 0.15) is 23.8 Å². The van der Waals surface area contributed by atoms with Crippen molar-refractivity contribution in [3.8, 4) is 5.75 Å². The number of carbonyl (C=O) groups is 2. The molecule has 7 nitrogen and oxygen atoms in total. The van der Waals surface area contributed by atoms with E-state index in [9.17, 15) is 19.1 Å². The molecule has 2 heterocycles. The monoisotopic (exact) mass is 468 g/mol. The zero-order valence-electron chi connectivity index (χ0n) is 18.8. The van der Waals surface area contributed by atoms with E-state index in [1.807, 2.05) is 18.2 Å². The molecular weight excluding hydrogens is 439 g/mol. The summed E-state index contributed by atoms with van der Waals surface area (Å²) >= 11 is 0.